The summed E-state index contributed by atoms with van der Waals surface area (Å²) in [5.41, 5.74) is 0. The van der Waals surface area contributed by atoms with Gasteiger partial charge in [0.05, 0.1) is 0 Å². The van der Waals surface area contributed by atoms with Crippen molar-refractivity contribution in [2.45, 2.75) is 258 Å². The molecule has 0 spiro atoms. The molecule has 0 aliphatic heterocycles. The Morgan fingerprint density at radius 1 is 0.266 bits per heavy atom. The molecule has 0 bridgehead atoms. The van der Waals surface area contributed by atoms with Crippen LogP contribution in [0.3, 0.4) is 0 Å². The van der Waals surface area contributed by atoms with E-state index in [4.69, 9.17) is 14.2 Å². The van der Waals surface area contributed by atoms with Crippen molar-refractivity contribution in [3.8, 4) is 0 Å². The minimum absolute atomic E-state index is 0.118. The Kier molecular flexibility index (Phi) is 61.0. The van der Waals surface area contributed by atoms with Crippen molar-refractivity contribution in [2.75, 3.05) is 13.2 Å². The van der Waals surface area contributed by atoms with Crippen LogP contribution in [0.25, 0.3) is 0 Å². The molecule has 0 aromatic carbocycles. The quantitative estimate of drug-likeness (QED) is 0.0261. The summed E-state index contributed by atoms with van der Waals surface area (Å²) in [6.45, 7) is 6.32. The van der Waals surface area contributed by atoms with Crippen molar-refractivity contribution >= 4 is 17.9 Å². The highest BCUT2D eigenvalue weighted by Gasteiger charge is 2.19. The average molecular weight is 1090 g/mol. The van der Waals surface area contributed by atoms with E-state index in [-0.39, 0.29) is 37.5 Å². The van der Waals surface area contributed by atoms with E-state index in [1.807, 2.05) is 0 Å². The molecule has 0 saturated carbocycles. The van der Waals surface area contributed by atoms with E-state index in [1.165, 1.54) is 51.4 Å². The monoisotopic (exact) mass is 1090 g/mol. The molecule has 0 aliphatic rings. The lowest BCUT2D eigenvalue weighted by Crippen LogP contribution is -2.30. The second-order valence-electron chi connectivity index (χ2n) is 20.2. The van der Waals surface area contributed by atoms with Gasteiger partial charge in [0, 0.05) is 19.3 Å². The summed E-state index contributed by atoms with van der Waals surface area (Å²) in [6.07, 6.45) is 96.4. The predicted octanol–water partition coefficient (Wildman–Crippen LogP) is 21.9. The second-order valence-corrected chi connectivity index (χ2v) is 20.2. The van der Waals surface area contributed by atoms with E-state index in [1.54, 1.807) is 0 Å². The Balaban J connectivity index is 4.52. The van der Waals surface area contributed by atoms with Gasteiger partial charge in [-0.05, 0) is 148 Å². The van der Waals surface area contributed by atoms with Crippen molar-refractivity contribution in [3.05, 3.63) is 170 Å². The highest BCUT2D eigenvalue weighted by molar-refractivity contribution is 5.71. The molecule has 442 valence electrons. The third-order valence-electron chi connectivity index (χ3n) is 12.7. The zero-order valence-corrected chi connectivity index (χ0v) is 50.6. The summed E-state index contributed by atoms with van der Waals surface area (Å²) in [6, 6.07) is 0. The average Bonchev–Trinajstić information content (AvgIpc) is 3.45. The minimum atomic E-state index is -0.829. The van der Waals surface area contributed by atoms with Gasteiger partial charge in [0.2, 0.25) is 0 Å². The number of carbonyl (C=O) groups is 3. The van der Waals surface area contributed by atoms with Gasteiger partial charge in [-0.25, -0.2) is 0 Å². The molecule has 0 rings (SSSR count). The predicted molar refractivity (Wildman–Crippen MR) is 343 cm³/mol. The number of rotatable bonds is 55. The van der Waals surface area contributed by atoms with E-state index >= 15 is 0 Å². The van der Waals surface area contributed by atoms with Gasteiger partial charge in [0.1, 0.15) is 13.2 Å². The normalized spacial score (nSPS) is 13.3. The van der Waals surface area contributed by atoms with Gasteiger partial charge in [-0.15, -0.1) is 0 Å². The molecule has 0 aliphatic carbocycles. The van der Waals surface area contributed by atoms with Gasteiger partial charge < -0.3 is 14.2 Å². The molecule has 0 N–H and O–H groups in total. The van der Waals surface area contributed by atoms with Gasteiger partial charge >= 0.3 is 17.9 Å². The topological polar surface area (TPSA) is 78.9 Å². The molecule has 0 heterocycles. The molecule has 1 unspecified atom stereocenters. The van der Waals surface area contributed by atoms with Gasteiger partial charge in [-0.3, -0.25) is 14.4 Å². The third kappa shape index (κ3) is 63.5. The zero-order chi connectivity index (χ0) is 57.1. The van der Waals surface area contributed by atoms with E-state index in [2.05, 4.69) is 191 Å². The minimum Gasteiger partial charge on any atom is -0.462 e. The van der Waals surface area contributed by atoms with Crippen LogP contribution in [0.1, 0.15) is 252 Å². The molecule has 0 fully saturated rings. The number of hydrogen-bond donors (Lipinski definition) is 0. The molecule has 0 aromatic rings. The number of ether oxygens (including phenoxy) is 3. The first-order valence-electron chi connectivity index (χ1n) is 31.6. The Morgan fingerprint density at radius 2 is 0.506 bits per heavy atom. The molecule has 0 saturated heterocycles. The number of allylic oxidation sites excluding steroid dienone is 28. The summed E-state index contributed by atoms with van der Waals surface area (Å²) in [5, 5.41) is 0. The largest absolute Gasteiger partial charge is 0.462 e. The first kappa shape index (κ1) is 73.8. The maximum Gasteiger partial charge on any atom is 0.306 e. The second kappa shape index (κ2) is 65.3. The van der Waals surface area contributed by atoms with Crippen LogP contribution in [0.15, 0.2) is 170 Å². The van der Waals surface area contributed by atoms with Crippen LogP contribution >= 0.6 is 0 Å². The molecule has 1 atom stereocenters. The van der Waals surface area contributed by atoms with Gasteiger partial charge in [0.25, 0.3) is 0 Å². The lowest BCUT2D eigenvalue weighted by atomic mass is 10.1. The Labute approximate surface area is 485 Å². The summed E-state index contributed by atoms with van der Waals surface area (Å²) in [5.74, 6) is -1.01. The molecule has 79 heavy (non-hydrogen) atoms. The SMILES string of the molecule is CC/C=C\C/C=C\C/C=C\C/C=C\C/C=C\C/C=C\C/C=C\CCCC(=O)OC(COC(=O)CCCCCCC/C=C\CCCCCC)COC(=O)CCCCCCCC/C=C\C/C=C\C/C=C\C/C=C\C/C=C\C/C=C\CC. The standard InChI is InChI=1S/C73H114O6/c1-4-7-10-13-16-19-22-25-27-29-31-33-35-36-38-39-41-43-45-48-51-54-57-60-63-66-72(75)78-69-70(68-77-71(74)65-62-59-56-53-50-47-24-21-18-15-12-9-6-3)79-73(76)67-64-61-58-55-52-49-46-44-42-40-37-34-32-30-28-26-23-20-17-14-11-8-5-2/h7-8,10-11,16-17,19-21,24-28,31-34,36,38,40-43,46,49,55,58,70H,4-6,9,12-15,18,22-23,29-30,35,37,39,44-45,47-48,50-54,56-57,59-69H2,1-3H3/b10-7-,11-8-,19-16-,20-17-,24-21-,27-25-,28-26-,33-31-,34-32-,38-36-,42-40-,43-41-,49-46-,58-55-. The molecular weight excluding hydrogens is 973 g/mol. The molecule has 6 heteroatoms. The van der Waals surface area contributed by atoms with Crippen LogP contribution in [0.4, 0.5) is 0 Å². The fourth-order valence-corrected chi connectivity index (χ4v) is 8.02. The van der Waals surface area contributed by atoms with Gasteiger partial charge in [0.15, 0.2) is 6.10 Å². The smallest absolute Gasteiger partial charge is 0.306 e. The maximum atomic E-state index is 12.9. The lowest BCUT2D eigenvalue weighted by Gasteiger charge is -2.18. The summed E-state index contributed by atoms with van der Waals surface area (Å²) >= 11 is 0. The molecule has 0 amide bonds. The Morgan fingerprint density at radius 3 is 0.823 bits per heavy atom. The van der Waals surface area contributed by atoms with Gasteiger partial charge in [-0.2, -0.15) is 0 Å². The first-order valence-corrected chi connectivity index (χ1v) is 31.6. The number of unbranched alkanes of at least 4 members (excludes halogenated alkanes) is 16. The Hall–Kier alpha value is -5.23. The maximum absolute atomic E-state index is 12.9. The number of esters is 3. The molecule has 0 aromatic heterocycles. The van der Waals surface area contributed by atoms with E-state index in [0.29, 0.717) is 19.3 Å². The lowest BCUT2D eigenvalue weighted by molar-refractivity contribution is -0.167. The number of hydrogen-bond acceptors (Lipinski definition) is 6. The fraction of sp³-hybridized carbons (Fsp3) is 0.575. The van der Waals surface area contributed by atoms with E-state index < -0.39 is 6.10 Å². The molecule has 6 nitrogen and oxygen atoms in total. The van der Waals surface area contributed by atoms with Crippen molar-refractivity contribution in [3.63, 3.8) is 0 Å². The fourth-order valence-electron chi connectivity index (χ4n) is 8.02. The molecule has 0 radical (unpaired) electrons. The summed E-state index contributed by atoms with van der Waals surface area (Å²) in [7, 11) is 0. The van der Waals surface area contributed by atoms with Crippen LogP contribution in [-0.4, -0.2) is 37.2 Å². The number of carbonyl (C=O) groups excluding carboxylic acids is 3. The van der Waals surface area contributed by atoms with Crippen molar-refractivity contribution in [1.29, 1.82) is 0 Å². The summed E-state index contributed by atoms with van der Waals surface area (Å²) in [4.78, 5) is 38.3. The van der Waals surface area contributed by atoms with E-state index in [0.717, 1.165) is 154 Å². The zero-order valence-electron chi connectivity index (χ0n) is 50.6. The van der Waals surface area contributed by atoms with Crippen LogP contribution in [0, 0.1) is 0 Å². The Bertz CT molecular complexity index is 1820. The molecular formula is C73H114O6. The highest BCUT2D eigenvalue weighted by Crippen LogP contribution is 2.13. The highest BCUT2D eigenvalue weighted by atomic mass is 16.6. The van der Waals surface area contributed by atoms with Crippen LogP contribution < -0.4 is 0 Å². The van der Waals surface area contributed by atoms with Crippen molar-refractivity contribution < 1.29 is 28.6 Å². The van der Waals surface area contributed by atoms with Crippen LogP contribution in [0.2, 0.25) is 0 Å². The van der Waals surface area contributed by atoms with E-state index in [9.17, 15) is 14.4 Å². The van der Waals surface area contributed by atoms with Crippen LogP contribution in [-0.2, 0) is 28.6 Å². The van der Waals surface area contributed by atoms with Crippen LogP contribution in [0.5, 0.6) is 0 Å². The van der Waals surface area contributed by atoms with Crippen molar-refractivity contribution in [1.82, 2.24) is 0 Å². The van der Waals surface area contributed by atoms with Crippen molar-refractivity contribution in [2.24, 2.45) is 0 Å². The third-order valence-corrected chi connectivity index (χ3v) is 12.7. The first-order chi connectivity index (χ1) is 39.0. The summed E-state index contributed by atoms with van der Waals surface area (Å²) < 4.78 is 16.8. The van der Waals surface area contributed by atoms with Gasteiger partial charge in [-0.1, -0.05) is 255 Å².